The van der Waals surface area contributed by atoms with Crippen LogP contribution in [-0.4, -0.2) is 24.0 Å². The number of carbonyl (C=O) groups excluding carboxylic acids is 2. The molecule has 1 aromatic rings. The van der Waals surface area contributed by atoms with E-state index in [4.69, 9.17) is 9.47 Å². The number of allylic oxidation sites excluding steroid dienone is 1. The van der Waals surface area contributed by atoms with E-state index >= 15 is 0 Å². The Bertz CT molecular complexity index is 877. The van der Waals surface area contributed by atoms with Gasteiger partial charge in [0.05, 0.1) is 35.0 Å². The maximum absolute atomic E-state index is 13.7. The van der Waals surface area contributed by atoms with Crippen LogP contribution in [0.25, 0.3) is 5.57 Å². The standard InChI is InChI=1S/C25H32O4/c1-7-14-11-13(3)12-15(8-2)18(14)21-22(26)19-16-9-10-17(28-16)20(19)23(21)29-24(27)25(4,5)6/h11-12,16-17,19-20H,7-10H2,1-6H3/t16-,17+,19-,20+/m0/s1. The first-order chi connectivity index (χ1) is 13.7. The van der Waals surface area contributed by atoms with Gasteiger partial charge in [0.2, 0.25) is 0 Å². The van der Waals surface area contributed by atoms with E-state index in [9.17, 15) is 9.59 Å². The van der Waals surface area contributed by atoms with Crippen molar-refractivity contribution in [3.63, 3.8) is 0 Å². The number of hydrogen-bond donors (Lipinski definition) is 0. The van der Waals surface area contributed by atoms with Crippen LogP contribution in [0.5, 0.6) is 0 Å². The first kappa shape index (κ1) is 20.3. The molecule has 0 spiro atoms. The van der Waals surface area contributed by atoms with Crippen LogP contribution in [0.2, 0.25) is 0 Å². The van der Waals surface area contributed by atoms with Gasteiger partial charge in [-0.2, -0.15) is 0 Å². The second-order valence-corrected chi connectivity index (χ2v) is 9.75. The summed E-state index contributed by atoms with van der Waals surface area (Å²) in [6.07, 6.45) is 3.45. The molecule has 4 nitrogen and oxygen atoms in total. The smallest absolute Gasteiger partial charge is 0.316 e. The molecule has 1 aliphatic carbocycles. The molecular weight excluding hydrogens is 364 g/mol. The molecule has 0 radical (unpaired) electrons. The highest BCUT2D eigenvalue weighted by Gasteiger charge is 2.60. The highest BCUT2D eigenvalue weighted by Crippen LogP contribution is 2.55. The molecule has 3 aliphatic rings. The maximum Gasteiger partial charge on any atom is 0.316 e. The topological polar surface area (TPSA) is 52.6 Å². The first-order valence-corrected chi connectivity index (χ1v) is 11.0. The van der Waals surface area contributed by atoms with Gasteiger partial charge in [0, 0.05) is 0 Å². The summed E-state index contributed by atoms with van der Waals surface area (Å²) in [5.74, 6) is 0.0532. The average molecular weight is 397 g/mol. The molecule has 4 atom stereocenters. The Balaban J connectivity index is 1.92. The van der Waals surface area contributed by atoms with Crippen LogP contribution in [0.3, 0.4) is 0 Å². The van der Waals surface area contributed by atoms with Crippen molar-refractivity contribution >= 4 is 17.3 Å². The average Bonchev–Trinajstić information content (AvgIpc) is 3.34. The van der Waals surface area contributed by atoms with E-state index < -0.39 is 5.41 Å². The Morgan fingerprint density at radius 3 is 2.14 bits per heavy atom. The molecule has 4 rings (SSSR count). The van der Waals surface area contributed by atoms with E-state index in [1.807, 2.05) is 20.8 Å². The molecule has 1 aromatic carbocycles. The lowest BCUT2D eigenvalue weighted by atomic mass is 9.80. The van der Waals surface area contributed by atoms with Crippen molar-refractivity contribution < 1.29 is 19.1 Å². The quantitative estimate of drug-likeness (QED) is 0.686. The van der Waals surface area contributed by atoms with Gasteiger partial charge in [-0.3, -0.25) is 9.59 Å². The number of aryl methyl sites for hydroxylation is 3. The molecular formula is C25H32O4. The molecule has 2 aliphatic heterocycles. The van der Waals surface area contributed by atoms with Crippen molar-refractivity contribution in [2.75, 3.05) is 0 Å². The number of rotatable bonds is 4. The monoisotopic (exact) mass is 396 g/mol. The number of ketones is 1. The lowest BCUT2D eigenvalue weighted by Crippen LogP contribution is -2.31. The summed E-state index contributed by atoms with van der Waals surface area (Å²) in [5.41, 5.74) is 4.52. The van der Waals surface area contributed by atoms with E-state index in [2.05, 4.69) is 32.9 Å². The van der Waals surface area contributed by atoms with Gasteiger partial charge in [0.1, 0.15) is 5.76 Å². The van der Waals surface area contributed by atoms with Crippen molar-refractivity contribution in [2.24, 2.45) is 17.3 Å². The van der Waals surface area contributed by atoms with Gasteiger partial charge in [0.25, 0.3) is 0 Å². The fourth-order valence-electron chi connectivity index (χ4n) is 5.24. The van der Waals surface area contributed by atoms with Gasteiger partial charge in [0.15, 0.2) is 5.78 Å². The van der Waals surface area contributed by atoms with Crippen LogP contribution in [0.15, 0.2) is 17.9 Å². The van der Waals surface area contributed by atoms with Gasteiger partial charge in [-0.25, -0.2) is 0 Å². The van der Waals surface area contributed by atoms with Gasteiger partial charge < -0.3 is 9.47 Å². The number of Topliss-reactive ketones (excluding diaryl/α,β-unsaturated/α-hetero) is 1. The fraction of sp³-hybridized carbons (Fsp3) is 0.600. The van der Waals surface area contributed by atoms with Crippen LogP contribution in [0.1, 0.15) is 69.7 Å². The summed E-state index contributed by atoms with van der Waals surface area (Å²) >= 11 is 0. The third-order valence-electron chi connectivity index (χ3n) is 6.64. The number of hydrogen-bond acceptors (Lipinski definition) is 4. The largest absolute Gasteiger partial charge is 0.429 e. The predicted molar refractivity (Wildman–Crippen MR) is 112 cm³/mol. The van der Waals surface area contributed by atoms with Crippen LogP contribution >= 0.6 is 0 Å². The zero-order valence-electron chi connectivity index (χ0n) is 18.4. The summed E-state index contributed by atoms with van der Waals surface area (Å²) in [5, 5.41) is 0. The first-order valence-electron chi connectivity index (χ1n) is 11.0. The van der Waals surface area contributed by atoms with Crippen LogP contribution in [0, 0.1) is 24.2 Å². The van der Waals surface area contributed by atoms with Crippen LogP contribution in [-0.2, 0) is 31.9 Å². The van der Waals surface area contributed by atoms with Crippen molar-refractivity contribution in [3.8, 4) is 0 Å². The molecule has 2 bridgehead atoms. The molecule has 2 saturated heterocycles. The number of ether oxygens (including phenoxy) is 2. The number of carbonyl (C=O) groups is 2. The summed E-state index contributed by atoms with van der Waals surface area (Å²) in [7, 11) is 0. The molecule has 2 heterocycles. The minimum Gasteiger partial charge on any atom is -0.429 e. The van der Waals surface area contributed by atoms with Crippen LogP contribution in [0.4, 0.5) is 0 Å². The van der Waals surface area contributed by atoms with Gasteiger partial charge in [-0.15, -0.1) is 0 Å². The number of esters is 1. The van der Waals surface area contributed by atoms with Crippen molar-refractivity contribution in [3.05, 3.63) is 40.1 Å². The van der Waals surface area contributed by atoms with Crippen LogP contribution < -0.4 is 0 Å². The SMILES string of the molecule is CCc1cc(C)cc(CC)c1C1=C(OC(=O)C(C)(C)C)[C@H]2[C@@H](C1=O)[C@@H]1CC[C@H]2O1. The zero-order valence-corrected chi connectivity index (χ0v) is 18.4. The van der Waals surface area contributed by atoms with E-state index in [0.717, 1.165) is 42.4 Å². The Morgan fingerprint density at radius 1 is 1.07 bits per heavy atom. The second-order valence-electron chi connectivity index (χ2n) is 9.75. The highest BCUT2D eigenvalue weighted by molar-refractivity contribution is 6.26. The second kappa shape index (κ2) is 7.09. The third kappa shape index (κ3) is 3.16. The van der Waals surface area contributed by atoms with Crippen molar-refractivity contribution in [2.45, 2.75) is 79.4 Å². The lowest BCUT2D eigenvalue weighted by Gasteiger charge is -2.24. The molecule has 0 unspecified atom stereocenters. The molecule has 0 N–H and O–H groups in total. The van der Waals surface area contributed by atoms with E-state index in [1.54, 1.807) is 0 Å². The number of benzene rings is 1. The van der Waals surface area contributed by atoms with Gasteiger partial charge in [-0.05, 0) is 70.1 Å². The van der Waals surface area contributed by atoms with Crippen molar-refractivity contribution in [1.29, 1.82) is 0 Å². The molecule has 4 heteroatoms. The zero-order chi connectivity index (χ0) is 21.1. The molecule has 0 saturated carbocycles. The van der Waals surface area contributed by atoms with E-state index in [0.29, 0.717) is 11.3 Å². The Hall–Kier alpha value is -1.94. The Kier molecular flexibility index (Phi) is 4.97. The highest BCUT2D eigenvalue weighted by atomic mass is 16.5. The lowest BCUT2D eigenvalue weighted by molar-refractivity contribution is -0.149. The van der Waals surface area contributed by atoms with Gasteiger partial charge in [-0.1, -0.05) is 31.5 Å². The summed E-state index contributed by atoms with van der Waals surface area (Å²) in [6.45, 7) is 11.9. The molecule has 0 amide bonds. The van der Waals surface area contributed by atoms with Crippen molar-refractivity contribution in [1.82, 2.24) is 0 Å². The Labute approximate surface area is 173 Å². The van der Waals surface area contributed by atoms with E-state index in [-0.39, 0.29) is 35.8 Å². The summed E-state index contributed by atoms with van der Waals surface area (Å²) in [4.78, 5) is 26.6. The number of fused-ring (bicyclic) bond motifs is 5. The maximum atomic E-state index is 13.7. The predicted octanol–water partition coefficient (Wildman–Crippen LogP) is 4.80. The fourth-order valence-corrected chi connectivity index (χ4v) is 5.24. The molecule has 156 valence electrons. The normalized spacial score (nSPS) is 28.3. The molecule has 29 heavy (non-hydrogen) atoms. The van der Waals surface area contributed by atoms with E-state index in [1.165, 1.54) is 5.56 Å². The molecule has 2 fully saturated rings. The minimum atomic E-state index is -0.633. The minimum absolute atomic E-state index is 0.0187. The summed E-state index contributed by atoms with van der Waals surface area (Å²) < 4.78 is 12.1. The molecule has 0 aromatic heterocycles. The van der Waals surface area contributed by atoms with Gasteiger partial charge >= 0.3 is 5.97 Å². The summed E-state index contributed by atoms with van der Waals surface area (Å²) in [6, 6.07) is 4.33. The third-order valence-corrected chi connectivity index (χ3v) is 6.64. The Morgan fingerprint density at radius 2 is 1.62 bits per heavy atom.